The van der Waals surface area contributed by atoms with Crippen molar-refractivity contribution in [3.63, 3.8) is 0 Å². The molecule has 9 aromatic carbocycles. The predicted octanol–water partition coefficient (Wildman–Crippen LogP) is 15.1. The number of hydrogen-bond donors (Lipinski definition) is 0. The zero-order valence-corrected chi connectivity index (χ0v) is 29.5. The third kappa shape index (κ3) is 4.64. The molecule has 0 spiro atoms. The zero-order chi connectivity index (χ0) is 34.9. The van der Waals surface area contributed by atoms with Crippen LogP contribution in [0.15, 0.2) is 192 Å². The fourth-order valence-corrected chi connectivity index (χ4v) is 9.61. The van der Waals surface area contributed by atoms with Gasteiger partial charge in [-0.2, -0.15) is 0 Å². The molecular formula is C50H31NOS. The van der Waals surface area contributed by atoms with Gasteiger partial charge in [-0.15, -0.1) is 11.3 Å². The first-order chi connectivity index (χ1) is 26.3. The monoisotopic (exact) mass is 693 g/mol. The van der Waals surface area contributed by atoms with Gasteiger partial charge in [0.1, 0.15) is 11.2 Å². The summed E-state index contributed by atoms with van der Waals surface area (Å²) >= 11 is 1.87. The minimum Gasteiger partial charge on any atom is -0.456 e. The molecule has 0 N–H and O–H groups in total. The molecule has 0 aliphatic heterocycles. The van der Waals surface area contributed by atoms with Crippen LogP contribution < -0.4 is 4.90 Å². The Bertz CT molecular complexity index is 3190. The molecule has 11 aromatic rings. The number of nitrogens with zero attached hydrogens (tertiary/aromatic N) is 1. The van der Waals surface area contributed by atoms with Crippen LogP contribution in [0.3, 0.4) is 0 Å². The lowest BCUT2D eigenvalue weighted by molar-refractivity contribution is 0.669. The normalized spacial score (nSPS) is 11.8. The maximum atomic E-state index is 6.53. The largest absolute Gasteiger partial charge is 0.456 e. The summed E-state index contributed by atoms with van der Waals surface area (Å²) in [7, 11) is 0. The second-order valence-electron chi connectivity index (χ2n) is 13.6. The molecule has 248 valence electrons. The highest BCUT2D eigenvalue weighted by Crippen LogP contribution is 2.52. The highest BCUT2D eigenvalue weighted by atomic mass is 32.1. The Kier molecular flexibility index (Phi) is 6.76. The molecule has 0 bridgehead atoms. The number of para-hydroxylation sites is 1. The van der Waals surface area contributed by atoms with E-state index in [0.29, 0.717) is 0 Å². The van der Waals surface area contributed by atoms with Gasteiger partial charge in [-0.3, -0.25) is 0 Å². The lowest BCUT2D eigenvalue weighted by atomic mass is 9.89. The fourth-order valence-electron chi connectivity index (χ4n) is 8.37. The maximum absolute atomic E-state index is 6.53. The van der Waals surface area contributed by atoms with Crippen molar-refractivity contribution in [2.45, 2.75) is 0 Å². The summed E-state index contributed by atoms with van der Waals surface area (Å²) in [6, 6.07) is 68.0. The number of fused-ring (bicyclic) bond motifs is 9. The Morgan fingerprint density at radius 2 is 1.02 bits per heavy atom. The van der Waals surface area contributed by atoms with E-state index in [1.165, 1.54) is 64.0 Å². The van der Waals surface area contributed by atoms with Crippen LogP contribution >= 0.6 is 11.3 Å². The smallest absolute Gasteiger partial charge is 0.137 e. The average Bonchev–Trinajstić information content (AvgIpc) is 3.80. The summed E-state index contributed by atoms with van der Waals surface area (Å²) in [5, 5.41) is 9.66. The fraction of sp³-hybridized carbons (Fsp3) is 0. The van der Waals surface area contributed by atoms with E-state index >= 15 is 0 Å². The molecule has 3 heteroatoms. The molecule has 2 heterocycles. The third-order valence-corrected chi connectivity index (χ3v) is 11.9. The summed E-state index contributed by atoms with van der Waals surface area (Å²) in [6.45, 7) is 0. The van der Waals surface area contributed by atoms with Crippen molar-refractivity contribution in [2.24, 2.45) is 0 Å². The minimum atomic E-state index is 0.867. The quantitative estimate of drug-likeness (QED) is 0.167. The van der Waals surface area contributed by atoms with E-state index in [0.717, 1.165) is 39.0 Å². The van der Waals surface area contributed by atoms with Gasteiger partial charge in [0.2, 0.25) is 0 Å². The lowest BCUT2D eigenvalue weighted by Gasteiger charge is -2.31. The van der Waals surface area contributed by atoms with E-state index in [-0.39, 0.29) is 0 Å². The standard InChI is InChI=1S/C50H31NOS/c1-2-15-32(16-3-1)47-39-22-6-4-19-36(39)37-20-5-7-23-40(37)49(47)51(43-27-14-29-45-48(43)42-24-8-10-28-44(42)52-45)34-18-12-17-33(31-34)35-25-13-26-41-38-21-9-11-30-46(38)53-50(35)41/h1-31H. The Morgan fingerprint density at radius 1 is 0.415 bits per heavy atom. The lowest BCUT2D eigenvalue weighted by Crippen LogP contribution is -2.13. The summed E-state index contributed by atoms with van der Waals surface area (Å²) < 4.78 is 9.15. The average molecular weight is 694 g/mol. The van der Waals surface area contributed by atoms with Crippen LogP contribution in [-0.2, 0) is 0 Å². The molecule has 0 aliphatic rings. The van der Waals surface area contributed by atoms with E-state index in [2.05, 4.69) is 187 Å². The summed E-state index contributed by atoms with van der Waals surface area (Å²) in [5.74, 6) is 0. The Labute approximate surface area is 310 Å². The van der Waals surface area contributed by atoms with E-state index < -0.39 is 0 Å². The number of benzene rings is 9. The van der Waals surface area contributed by atoms with Crippen LogP contribution in [0.2, 0.25) is 0 Å². The molecule has 0 saturated carbocycles. The zero-order valence-electron chi connectivity index (χ0n) is 28.7. The van der Waals surface area contributed by atoms with Gasteiger partial charge in [0, 0.05) is 42.2 Å². The number of anilines is 3. The van der Waals surface area contributed by atoms with Gasteiger partial charge in [0.25, 0.3) is 0 Å². The van der Waals surface area contributed by atoms with Crippen molar-refractivity contribution in [1.29, 1.82) is 0 Å². The van der Waals surface area contributed by atoms with Crippen LogP contribution in [0, 0.1) is 0 Å². The van der Waals surface area contributed by atoms with Crippen LogP contribution in [0.25, 0.3) is 85.9 Å². The topological polar surface area (TPSA) is 16.4 Å². The van der Waals surface area contributed by atoms with Crippen molar-refractivity contribution in [2.75, 3.05) is 4.90 Å². The minimum absolute atomic E-state index is 0.867. The molecule has 0 unspecified atom stereocenters. The molecule has 11 rings (SSSR count). The highest BCUT2D eigenvalue weighted by molar-refractivity contribution is 7.26. The summed E-state index contributed by atoms with van der Waals surface area (Å²) in [6.07, 6.45) is 0. The number of hydrogen-bond acceptors (Lipinski definition) is 3. The second kappa shape index (κ2) is 11.9. The Morgan fingerprint density at radius 3 is 1.87 bits per heavy atom. The molecule has 2 nitrogen and oxygen atoms in total. The van der Waals surface area contributed by atoms with E-state index in [1.54, 1.807) is 0 Å². The van der Waals surface area contributed by atoms with Crippen LogP contribution in [-0.4, -0.2) is 0 Å². The summed E-state index contributed by atoms with van der Waals surface area (Å²) in [5.41, 5.74) is 9.83. The number of thiophene rings is 1. The molecule has 0 atom stereocenters. The van der Waals surface area contributed by atoms with Crippen molar-refractivity contribution in [3.05, 3.63) is 188 Å². The molecule has 0 aliphatic carbocycles. The highest BCUT2D eigenvalue weighted by Gasteiger charge is 2.26. The molecule has 0 radical (unpaired) electrons. The second-order valence-corrected chi connectivity index (χ2v) is 14.6. The van der Waals surface area contributed by atoms with Gasteiger partial charge in [-0.05, 0) is 69.2 Å². The molecule has 53 heavy (non-hydrogen) atoms. The molecule has 0 saturated heterocycles. The van der Waals surface area contributed by atoms with Gasteiger partial charge in [0.05, 0.1) is 16.8 Å². The third-order valence-electron chi connectivity index (χ3n) is 10.6. The van der Waals surface area contributed by atoms with E-state index in [4.69, 9.17) is 4.42 Å². The van der Waals surface area contributed by atoms with Gasteiger partial charge in [0.15, 0.2) is 0 Å². The molecular weight excluding hydrogens is 663 g/mol. The van der Waals surface area contributed by atoms with Gasteiger partial charge in [-0.25, -0.2) is 0 Å². The Hall–Kier alpha value is -6.68. The Balaban J connectivity index is 1.28. The van der Waals surface area contributed by atoms with Gasteiger partial charge < -0.3 is 9.32 Å². The van der Waals surface area contributed by atoms with Crippen molar-refractivity contribution in [3.8, 4) is 22.3 Å². The van der Waals surface area contributed by atoms with Crippen molar-refractivity contribution >= 4 is 92.1 Å². The van der Waals surface area contributed by atoms with Crippen molar-refractivity contribution < 1.29 is 4.42 Å². The number of furan rings is 1. The van der Waals surface area contributed by atoms with Crippen LogP contribution in [0.1, 0.15) is 0 Å². The van der Waals surface area contributed by atoms with E-state index in [9.17, 15) is 0 Å². The molecule has 0 amide bonds. The first-order valence-corrected chi connectivity index (χ1v) is 18.8. The maximum Gasteiger partial charge on any atom is 0.137 e. The van der Waals surface area contributed by atoms with Crippen LogP contribution in [0.5, 0.6) is 0 Å². The molecule has 0 fully saturated rings. The van der Waals surface area contributed by atoms with Gasteiger partial charge in [-0.1, -0.05) is 152 Å². The van der Waals surface area contributed by atoms with Gasteiger partial charge >= 0.3 is 0 Å². The molecule has 2 aromatic heterocycles. The SMILES string of the molecule is c1ccc(-c2c(N(c3cccc(-c4cccc5c4sc4ccccc45)c3)c3cccc4oc5ccccc5c34)c3ccccc3c3ccccc23)cc1. The first kappa shape index (κ1) is 30.0. The van der Waals surface area contributed by atoms with E-state index in [1.807, 2.05) is 17.4 Å². The predicted molar refractivity (Wildman–Crippen MR) is 227 cm³/mol. The summed E-state index contributed by atoms with van der Waals surface area (Å²) in [4.78, 5) is 2.50. The first-order valence-electron chi connectivity index (χ1n) is 18.0. The number of rotatable bonds is 5. The van der Waals surface area contributed by atoms with Crippen molar-refractivity contribution in [1.82, 2.24) is 0 Å². The van der Waals surface area contributed by atoms with Crippen LogP contribution in [0.4, 0.5) is 17.1 Å².